The van der Waals surface area contributed by atoms with Gasteiger partial charge in [-0.2, -0.15) is 5.10 Å². The number of aromatic nitrogens is 3. The molecule has 8 nitrogen and oxygen atoms in total. The second kappa shape index (κ2) is 8.93. The summed E-state index contributed by atoms with van der Waals surface area (Å²) in [6.45, 7) is 6.09. The molecule has 0 aliphatic rings. The second-order valence-electron chi connectivity index (χ2n) is 6.69. The van der Waals surface area contributed by atoms with Crippen molar-refractivity contribution in [3.63, 3.8) is 0 Å². The van der Waals surface area contributed by atoms with E-state index in [0.29, 0.717) is 27.8 Å². The fraction of sp³-hybridized carbons (Fsp3) is 0.250. The summed E-state index contributed by atoms with van der Waals surface area (Å²) in [6.07, 6.45) is 3.36. The predicted octanol–water partition coefficient (Wildman–Crippen LogP) is 4.60. The quantitative estimate of drug-likeness (QED) is 0.489. The lowest BCUT2D eigenvalue weighted by atomic mass is 10.1. The Kier molecular flexibility index (Phi) is 6.36. The number of hydrogen-bond donors (Lipinski definition) is 3. The zero-order valence-corrected chi connectivity index (χ0v) is 17.4. The van der Waals surface area contributed by atoms with Crippen LogP contribution >= 0.6 is 11.6 Å². The van der Waals surface area contributed by atoms with Crippen LogP contribution in [0.3, 0.4) is 0 Å². The molecule has 2 heterocycles. The summed E-state index contributed by atoms with van der Waals surface area (Å²) >= 11 is 6.34. The maximum absolute atomic E-state index is 12.2. The number of halogens is 1. The number of hydroxylamine groups is 1. The molecule has 9 heteroatoms. The summed E-state index contributed by atoms with van der Waals surface area (Å²) in [5, 5.41) is 11.3. The van der Waals surface area contributed by atoms with Gasteiger partial charge in [0.15, 0.2) is 0 Å². The van der Waals surface area contributed by atoms with Crippen molar-refractivity contribution in [3.8, 4) is 0 Å². The Labute approximate surface area is 174 Å². The summed E-state index contributed by atoms with van der Waals surface area (Å²) < 4.78 is 1.89. The highest BCUT2D eigenvalue weighted by Gasteiger charge is 2.14. The maximum atomic E-state index is 12.2. The molecule has 0 unspecified atom stereocenters. The molecule has 29 heavy (non-hydrogen) atoms. The van der Waals surface area contributed by atoms with Crippen LogP contribution in [0.5, 0.6) is 0 Å². The van der Waals surface area contributed by atoms with E-state index in [9.17, 15) is 4.79 Å². The van der Waals surface area contributed by atoms with Crippen LogP contribution in [-0.4, -0.2) is 27.8 Å². The molecule has 0 bridgehead atoms. The van der Waals surface area contributed by atoms with Crippen LogP contribution in [0.25, 0.3) is 0 Å². The summed E-state index contributed by atoms with van der Waals surface area (Å²) in [7, 11) is 1.38. The van der Waals surface area contributed by atoms with Crippen LogP contribution in [0, 0.1) is 6.92 Å². The van der Waals surface area contributed by atoms with Gasteiger partial charge in [0.2, 0.25) is 0 Å². The molecule has 0 radical (unpaired) electrons. The largest absolute Gasteiger partial charge is 0.353 e. The van der Waals surface area contributed by atoms with Crippen LogP contribution < -0.4 is 16.1 Å². The van der Waals surface area contributed by atoms with Gasteiger partial charge >= 0.3 is 0 Å². The van der Waals surface area contributed by atoms with E-state index in [2.05, 4.69) is 40.0 Å². The molecule has 152 valence electrons. The van der Waals surface area contributed by atoms with Gasteiger partial charge in [0.25, 0.3) is 5.91 Å². The van der Waals surface area contributed by atoms with Crippen LogP contribution in [0.4, 0.5) is 23.0 Å². The number of hydrogen-bond acceptors (Lipinski definition) is 6. The van der Waals surface area contributed by atoms with E-state index in [1.54, 1.807) is 30.5 Å². The summed E-state index contributed by atoms with van der Waals surface area (Å²) in [6, 6.07) is 9.05. The summed E-state index contributed by atoms with van der Waals surface area (Å²) in [5.41, 5.74) is 4.94. The number of carbonyl (C=O) groups is 1. The van der Waals surface area contributed by atoms with Gasteiger partial charge in [-0.1, -0.05) is 23.7 Å². The van der Waals surface area contributed by atoms with E-state index >= 15 is 0 Å². The van der Waals surface area contributed by atoms with Crippen LogP contribution in [0.1, 0.15) is 35.8 Å². The molecule has 0 saturated carbocycles. The third-order valence-electron chi connectivity index (χ3n) is 4.21. The van der Waals surface area contributed by atoms with E-state index < -0.39 is 0 Å². The normalized spacial score (nSPS) is 10.8. The van der Waals surface area contributed by atoms with Gasteiger partial charge in [-0.15, -0.1) is 0 Å². The van der Waals surface area contributed by atoms with Crippen molar-refractivity contribution in [2.45, 2.75) is 26.8 Å². The minimum atomic E-state index is -0.365. The SMILES string of the molecule is CONC(=O)c1ccccc1Nc1cc(Nc2c(C)cnn2C(C)C)ncc1Cl. The van der Waals surface area contributed by atoms with Gasteiger partial charge in [0.1, 0.15) is 11.6 Å². The minimum absolute atomic E-state index is 0.197. The fourth-order valence-corrected chi connectivity index (χ4v) is 2.95. The monoisotopic (exact) mass is 414 g/mol. The molecular weight excluding hydrogens is 392 g/mol. The average Bonchev–Trinajstić information content (AvgIpc) is 3.05. The van der Waals surface area contributed by atoms with Gasteiger partial charge in [-0.3, -0.25) is 9.63 Å². The number of nitrogens with one attached hydrogen (secondary N) is 3. The van der Waals surface area contributed by atoms with Crippen molar-refractivity contribution >= 4 is 40.5 Å². The van der Waals surface area contributed by atoms with E-state index in [1.807, 2.05) is 23.9 Å². The Balaban J connectivity index is 1.90. The second-order valence-corrected chi connectivity index (χ2v) is 7.10. The first-order chi connectivity index (χ1) is 13.9. The highest BCUT2D eigenvalue weighted by atomic mass is 35.5. The van der Waals surface area contributed by atoms with Crippen molar-refractivity contribution in [1.82, 2.24) is 20.2 Å². The van der Waals surface area contributed by atoms with Gasteiger partial charge < -0.3 is 10.6 Å². The van der Waals surface area contributed by atoms with Crippen LogP contribution in [0.15, 0.2) is 42.7 Å². The molecule has 1 amide bonds. The predicted molar refractivity (Wildman–Crippen MR) is 114 cm³/mol. The number of para-hydroxylation sites is 1. The standard InChI is InChI=1S/C20H23ClN6O2/c1-12(2)27-19(13(3)10-23-27)25-18-9-17(15(21)11-22-18)24-16-8-6-5-7-14(16)20(28)26-29-4/h5-12H,1-4H3,(H,26,28)(H2,22,24,25). The molecule has 0 saturated heterocycles. The number of amides is 1. The topological polar surface area (TPSA) is 93.1 Å². The zero-order valence-electron chi connectivity index (χ0n) is 16.7. The molecule has 0 aliphatic carbocycles. The van der Waals surface area contributed by atoms with Gasteiger partial charge in [-0.05, 0) is 32.9 Å². The van der Waals surface area contributed by atoms with Crippen molar-refractivity contribution < 1.29 is 9.63 Å². The van der Waals surface area contributed by atoms with Gasteiger partial charge in [0, 0.05) is 17.7 Å². The van der Waals surface area contributed by atoms with Crippen molar-refractivity contribution in [1.29, 1.82) is 0 Å². The van der Waals surface area contributed by atoms with Crippen molar-refractivity contribution in [2.75, 3.05) is 17.7 Å². The molecule has 0 fully saturated rings. The molecule has 0 spiro atoms. The lowest BCUT2D eigenvalue weighted by Crippen LogP contribution is -2.22. The highest BCUT2D eigenvalue weighted by molar-refractivity contribution is 6.33. The fourth-order valence-electron chi connectivity index (χ4n) is 2.80. The van der Waals surface area contributed by atoms with Crippen molar-refractivity contribution in [2.24, 2.45) is 0 Å². The third-order valence-corrected chi connectivity index (χ3v) is 4.51. The van der Waals surface area contributed by atoms with E-state index in [0.717, 1.165) is 11.4 Å². The highest BCUT2D eigenvalue weighted by Crippen LogP contribution is 2.30. The summed E-state index contributed by atoms with van der Waals surface area (Å²) in [4.78, 5) is 21.3. The number of aryl methyl sites for hydroxylation is 1. The third kappa shape index (κ3) is 4.67. The summed E-state index contributed by atoms with van der Waals surface area (Å²) in [5.74, 6) is 1.09. The molecule has 0 atom stereocenters. The number of benzene rings is 1. The number of rotatable bonds is 7. The molecule has 2 aromatic heterocycles. The van der Waals surface area contributed by atoms with E-state index in [1.165, 1.54) is 7.11 Å². The Morgan fingerprint density at radius 1 is 1.17 bits per heavy atom. The smallest absolute Gasteiger partial charge is 0.276 e. The van der Waals surface area contributed by atoms with Crippen LogP contribution in [-0.2, 0) is 4.84 Å². The van der Waals surface area contributed by atoms with Gasteiger partial charge in [-0.25, -0.2) is 15.1 Å². The lowest BCUT2D eigenvalue weighted by molar-refractivity contribution is 0.0538. The number of carbonyl (C=O) groups excluding carboxylic acids is 1. The molecule has 1 aromatic carbocycles. The molecule has 3 N–H and O–H groups in total. The maximum Gasteiger partial charge on any atom is 0.276 e. The first-order valence-corrected chi connectivity index (χ1v) is 9.44. The first kappa shape index (κ1) is 20.6. The Morgan fingerprint density at radius 3 is 2.66 bits per heavy atom. The minimum Gasteiger partial charge on any atom is -0.353 e. The Morgan fingerprint density at radius 2 is 1.93 bits per heavy atom. The lowest BCUT2D eigenvalue weighted by Gasteiger charge is -2.16. The Bertz CT molecular complexity index is 1020. The van der Waals surface area contributed by atoms with E-state index in [4.69, 9.17) is 16.4 Å². The molecule has 3 aromatic rings. The average molecular weight is 415 g/mol. The van der Waals surface area contributed by atoms with Crippen molar-refractivity contribution in [3.05, 3.63) is 58.9 Å². The number of anilines is 4. The zero-order chi connectivity index (χ0) is 21.0. The molecule has 3 rings (SSSR count). The molecular formula is C20H23ClN6O2. The Hall–Kier alpha value is -3.10. The van der Waals surface area contributed by atoms with Crippen LogP contribution in [0.2, 0.25) is 5.02 Å². The molecule has 0 aliphatic heterocycles. The van der Waals surface area contributed by atoms with Gasteiger partial charge in [0.05, 0.1) is 41.5 Å². The number of nitrogens with zero attached hydrogens (tertiary/aromatic N) is 3. The first-order valence-electron chi connectivity index (χ1n) is 9.06. The number of pyridine rings is 1. The van der Waals surface area contributed by atoms with E-state index in [-0.39, 0.29) is 11.9 Å².